The molecule has 2 aliphatic rings. The van der Waals surface area contributed by atoms with Crippen LogP contribution in [0.2, 0.25) is 5.02 Å². The number of thiophene rings is 1. The van der Waals surface area contributed by atoms with E-state index >= 15 is 0 Å². The Hall–Kier alpha value is -3.08. The van der Waals surface area contributed by atoms with Crippen LogP contribution in [0.25, 0.3) is 21.3 Å². The molecule has 0 saturated carbocycles. The van der Waals surface area contributed by atoms with Gasteiger partial charge in [-0.15, -0.1) is 11.3 Å². The average Bonchev–Trinajstić information content (AvgIpc) is 3.59. The number of anilines is 1. The Balaban J connectivity index is 1.42. The van der Waals surface area contributed by atoms with Crippen LogP contribution in [0, 0.1) is 0 Å². The number of rotatable bonds is 7. The molecule has 3 aromatic heterocycles. The molecule has 0 aliphatic carbocycles. The molecule has 6 rings (SSSR count). The highest BCUT2D eigenvalue weighted by Crippen LogP contribution is 2.44. The summed E-state index contributed by atoms with van der Waals surface area (Å²) in [6, 6.07) is 9.67. The summed E-state index contributed by atoms with van der Waals surface area (Å²) in [5.74, 6) is 0. The van der Waals surface area contributed by atoms with E-state index in [1.54, 1.807) is 6.20 Å². The van der Waals surface area contributed by atoms with E-state index in [0.717, 1.165) is 74.3 Å². The summed E-state index contributed by atoms with van der Waals surface area (Å²) in [6.07, 6.45) is 3.22. The van der Waals surface area contributed by atoms with Crippen molar-refractivity contribution in [1.29, 1.82) is 0 Å². The average molecular weight is 572 g/mol. The first-order chi connectivity index (χ1) is 18.9. The van der Waals surface area contributed by atoms with Gasteiger partial charge in [-0.25, -0.2) is 13.6 Å². The third-order valence-electron chi connectivity index (χ3n) is 7.56. The number of hydrogen-bond acceptors (Lipinski definition) is 6. The molecule has 0 bridgehead atoms. The Labute approximate surface area is 232 Å². The molecule has 1 atom stereocenters. The predicted octanol–water partition coefficient (Wildman–Crippen LogP) is 4.76. The SMILES string of the molecule is O=c1ccn(CCC(F)F)c(=O)n1Cc1cc2nccc(-c3cc(Cl)cc4c3N(C3CCNC3)CCC4)c2s1. The monoisotopic (exact) mass is 571 g/mol. The molecule has 1 fully saturated rings. The second-order valence-corrected chi connectivity index (χ2v) is 11.7. The Morgan fingerprint density at radius 2 is 2.05 bits per heavy atom. The zero-order valence-electron chi connectivity index (χ0n) is 21.2. The Bertz CT molecular complexity index is 1640. The molecule has 1 N–H and O–H groups in total. The minimum absolute atomic E-state index is 0.0428. The number of hydrogen-bond donors (Lipinski definition) is 1. The van der Waals surface area contributed by atoms with Crippen molar-refractivity contribution < 1.29 is 8.78 Å². The van der Waals surface area contributed by atoms with Crippen molar-refractivity contribution in [2.24, 2.45) is 0 Å². The van der Waals surface area contributed by atoms with Gasteiger partial charge in [-0.3, -0.25) is 14.3 Å². The molecule has 7 nitrogen and oxygen atoms in total. The molecule has 1 aromatic carbocycles. The fourth-order valence-electron chi connectivity index (χ4n) is 5.76. The smallest absolute Gasteiger partial charge is 0.331 e. The molecule has 204 valence electrons. The number of halogens is 3. The van der Waals surface area contributed by atoms with Gasteiger partial charge in [-0.2, -0.15) is 0 Å². The van der Waals surface area contributed by atoms with Crippen molar-refractivity contribution in [2.75, 3.05) is 24.5 Å². The maximum absolute atomic E-state index is 12.9. The van der Waals surface area contributed by atoms with Crippen LogP contribution in [-0.2, 0) is 19.5 Å². The first-order valence-electron chi connectivity index (χ1n) is 13.1. The van der Waals surface area contributed by atoms with Gasteiger partial charge in [0.1, 0.15) is 0 Å². The second kappa shape index (κ2) is 10.8. The van der Waals surface area contributed by atoms with Crippen LogP contribution in [0.4, 0.5) is 14.5 Å². The maximum atomic E-state index is 12.9. The van der Waals surface area contributed by atoms with E-state index < -0.39 is 24.1 Å². The minimum atomic E-state index is -2.53. The fraction of sp³-hybridized carbons (Fsp3) is 0.393. The Morgan fingerprint density at radius 1 is 1.18 bits per heavy atom. The number of aryl methyl sites for hydroxylation is 2. The molecule has 0 amide bonds. The zero-order chi connectivity index (χ0) is 27.1. The van der Waals surface area contributed by atoms with Gasteiger partial charge in [0.15, 0.2) is 0 Å². The van der Waals surface area contributed by atoms with E-state index in [-0.39, 0.29) is 13.1 Å². The molecule has 39 heavy (non-hydrogen) atoms. The van der Waals surface area contributed by atoms with E-state index in [9.17, 15) is 18.4 Å². The lowest BCUT2D eigenvalue weighted by atomic mass is 9.92. The van der Waals surface area contributed by atoms with Crippen LogP contribution in [0.5, 0.6) is 0 Å². The number of fused-ring (bicyclic) bond motifs is 2. The van der Waals surface area contributed by atoms with Gasteiger partial charge in [0, 0.05) is 77.3 Å². The fourth-order valence-corrected chi connectivity index (χ4v) is 7.13. The van der Waals surface area contributed by atoms with Gasteiger partial charge >= 0.3 is 5.69 Å². The molecule has 0 spiro atoms. The maximum Gasteiger partial charge on any atom is 0.331 e. The van der Waals surface area contributed by atoms with Crippen molar-refractivity contribution in [3.05, 3.63) is 79.0 Å². The molecule has 4 aromatic rings. The first-order valence-corrected chi connectivity index (χ1v) is 14.3. The highest BCUT2D eigenvalue weighted by Gasteiger charge is 2.30. The van der Waals surface area contributed by atoms with Crippen molar-refractivity contribution in [1.82, 2.24) is 19.4 Å². The largest absolute Gasteiger partial charge is 0.366 e. The summed E-state index contributed by atoms with van der Waals surface area (Å²) >= 11 is 8.11. The summed E-state index contributed by atoms with van der Waals surface area (Å²) in [6.45, 7) is 2.85. The van der Waals surface area contributed by atoms with Crippen molar-refractivity contribution >= 4 is 38.8 Å². The molecule has 5 heterocycles. The molecule has 0 radical (unpaired) electrons. The quantitative estimate of drug-likeness (QED) is 0.346. The van der Waals surface area contributed by atoms with Crippen molar-refractivity contribution in [3.8, 4) is 11.1 Å². The third kappa shape index (κ3) is 5.13. The number of alkyl halides is 2. The van der Waals surface area contributed by atoms with Crippen LogP contribution in [0.15, 0.2) is 52.3 Å². The Morgan fingerprint density at radius 3 is 2.85 bits per heavy atom. The third-order valence-corrected chi connectivity index (χ3v) is 8.92. The Kier molecular flexibility index (Phi) is 7.26. The number of nitrogens with one attached hydrogen (secondary N) is 1. The highest BCUT2D eigenvalue weighted by atomic mass is 35.5. The van der Waals surface area contributed by atoms with Crippen LogP contribution in [0.1, 0.15) is 29.7 Å². The number of pyridine rings is 1. The molecular formula is C28H28ClF2N5O2S. The van der Waals surface area contributed by atoms with Gasteiger partial charge in [-0.1, -0.05) is 11.6 Å². The molecule has 1 unspecified atom stereocenters. The predicted molar refractivity (Wildman–Crippen MR) is 152 cm³/mol. The van der Waals surface area contributed by atoms with Crippen molar-refractivity contribution in [3.63, 3.8) is 0 Å². The topological polar surface area (TPSA) is 72.2 Å². The van der Waals surface area contributed by atoms with E-state index in [2.05, 4.69) is 21.3 Å². The number of benzene rings is 1. The van der Waals surface area contributed by atoms with E-state index in [0.29, 0.717) is 11.1 Å². The van der Waals surface area contributed by atoms with Gasteiger partial charge in [-0.05, 0) is 55.6 Å². The summed E-state index contributed by atoms with van der Waals surface area (Å²) < 4.78 is 28.6. The standard InChI is InChI=1S/C28H28ClF2N5O2S/c29-18-12-17-2-1-9-35(19-3-7-32-15-19)26(17)22(13-18)21-4-8-33-23-14-20(39-27(21)23)16-36-25(37)6-11-34(28(36)38)10-5-24(30)31/h4,6,8,11-14,19,24,32H,1-3,5,7,9-10,15-16H2. The van der Waals surface area contributed by atoms with Gasteiger partial charge < -0.3 is 14.8 Å². The molecule has 11 heteroatoms. The number of aromatic nitrogens is 3. The van der Waals surface area contributed by atoms with Gasteiger partial charge in [0.25, 0.3) is 5.56 Å². The van der Waals surface area contributed by atoms with Crippen LogP contribution < -0.4 is 21.5 Å². The highest BCUT2D eigenvalue weighted by molar-refractivity contribution is 7.19. The zero-order valence-corrected chi connectivity index (χ0v) is 22.8. The lowest BCUT2D eigenvalue weighted by Crippen LogP contribution is -2.40. The van der Waals surface area contributed by atoms with Crippen LogP contribution in [0.3, 0.4) is 0 Å². The van der Waals surface area contributed by atoms with E-state index in [1.807, 2.05) is 18.2 Å². The molecular weight excluding hydrogens is 544 g/mol. The normalized spacial score (nSPS) is 17.3. The number of nitrogens with zero attached hydrogens (tertiary/aromatic N) is 4. The van der Waals surface area contributed by atoms with E-state index in [4.69, 9.17) is 11.6 Å². The van der Waals surface area contributed by atoms with Crippen LogP contribution >= 0.6 is 22.9 Å². The van der Waals surface area contributed by atoms with Crippen molar-refractivity contribution in [2.45, 2.75) is 51.2 Å². The summed E-state index contributed by atoms with van der Waals surface area (Å²) in [7, 11) is 0. The lowest BCUT2D eigenvalue weighted by molar-refractivity contribution is 0.130. The second-order valence-electron chi connectivity index (χ2n) is 10.1. The first kappa shape index (κ1) is 26.2. The molecule has 2 aliphatic heterocycles. The lowest BCUT2D eigenvalue weighted by Gasteiger charge is -2.38. The van der Waals surface area contributed by atoms with E-state index in [1.165, 1.54) is 34.9 Å². The summed E-state index contributed by atoms with van der Waals surface area (Å²) in [4.78, 5) is 33.4. The summed E-state index contributed by atoms with van der Waals surface area (Å²) in [5.41, 5.74) is 4.26. The van der Waals surface area contributed by atoms with Crippen LogP contribution in [-0.4, -0.2) is 46.2 Å². The van der Waals surface area contributed by atoms with Gasteiger partial charge in [0.2, 0.25) is 6.43 Å². The molecule has 1 saturated heterocycles. The summed E-state index contributed by atoms with van der Waals surface area (Å²) in [5, 5.41) is 4.18. The minimum Gasteiger partial charge on any atom is -0.366 e. The van der Waals surface area contributed by atoms with Gasteiger partial charge in [0.05, 0.1) is 16.8 Å².